The number of amides is 3. The van der Waals surface area contributed by atoms with Crippen molar-refractivity contribution in [2.45, 2.75) is 42.0 Å². The maximum absolute atomic E-state index is 13.9. The van der Waals surface area contributed by atoms with Crippen LogP contribution in [0.15, 0.2) is 67.3 Å². The molecule has 0 aliphatic carbocycles. The van der Waals surface area contributed by atoms with Crippen molar-refractivity contribution >= 4 is 78.4 Å². The number of halogens is 2. The van der Waals surface area contributed by atoms with E-state index >= 15 is 0 Å². The number of thioether (sulfide) groups is 1. The maximum Gasteiger partial charge on any atom is 0.308 e. The van der Waals surface area contributed by atoms with Gasteiger partial charge in [-0.2, -0.15) is 0 Å². The number of nitrogens with zero attached hydrogens (tertiary/aromatic N) is 3. The summed E-state index contributed by atoms with van der Waals surface area (Å²) in [5, 5.41) is -0.0732. The Hall–Kier alpha value is -2.21. The molecule has 38 heavy (non-hydrogen) atoms. The monoisotopic (exact) mass is 675 g/mol. The molecule has 2 saturated heterocycles. The van der Waals surface area contributed by atoms with Crippen LogP contribution in [0.25, 0.3) is 0 Å². The molecule has 2 unspecified atom stereocenters. The molecule has 11 heteroatoms. The molecule has 3 aliphatic heterocycles. The van der Waals surface area contributed by atoms with Gasteiger partial charge in [0.2, 0.25) is 17.7 Å². The van der Waals surface area contributed by atoms with Gasteiger partial charge in [0.05, 0.1) is 16.6 Å². The summed E-state index contributed by atoms with van der Waals surface area (Å²) in [6.07, 6.45) is 3.04. The van der Waals surface area contributed by atoms with Gasteiger partial charge in [-0.15, -0.1) is 0 Å². The van der Waals surface area contributed by atoms with Crippen molar-refractivity contribution in [3.63, 3.8) is 0 Å². The van der Waals surface area contributed by atoms with E-state index in [2.05, 4.69) is 31.9 Å². The zero-order chi connectivity index (χ0) is 26.6. The number of benzene rings is 2. The van der Waals surface area contributed by atoms with E-state index in [-0.39, 0.29) is 29.1 Å². The van der Waals surface area contributed by atoms with Crippen molar-refractivity contribution in [2.24, 2.45) is 5.92 Å². The topological polar surface area (TPSA) is 79.7 Å². The molecule has 0 spiro atoms. The third-order valence-corrected chi connectivity index (χ3v) is 11.0. The summed E-state index contributed by atoms with van der Waals surface area (Å²) < 4.78 is 3.26. The first-order chi connectivity index (χ1) is 18.3. The molecule has 3 amide bonds. The van der Waals surface area contributed by atoms with Crippen LogP contribution >= 0.6 is 55.0 Å². The van der Waals surface area contributed by atoms with Gasteiger partial charge in [-0.1, -0.05) is 67.1 Å². The number of imide groups is 1. The third kappa shape index (κ3) is 4.51. The minimum atomic E-state index is -0.697. The molecule has 4 heterocycles. The molecule has 3 aromatic rings. The normalized spacial score (nSPS) is 22.9. The number of carbonyl (C=O) groups excluding carboxylic acids is 3. The van der Waals surface area contributed by atoms with E-state index in [0.717, 1.165) is 50.0 Å². The fraction of sp³-hybridized carbons (Fsp3) is 0.333. The zero-order valence-electron chi connectivity index (χ0n) is 20.1. The summed E-state index contributed by atoms with van der Waals surface area (Å²) in [4.78, 5) is 57.7. The predicted molar refractivity (Wildman–Crippen MR) is 155 cm³/mol. The van der Waals surface area contributed by atoms with Crippen LogP contribution in [0, 0.1) is 5.92 Å². The summed E-state index contributed by atoms with van der Waals surface area (Å²) >= 11 is 9.22. The number of aromatic nitrogens is 1. The van der Waals surface area contributed by atoms with Gasteiger partial charge < -0.3 is 4.90 Å². The quantitative estimate of drug-likeness (QED) is 0.353. The molecule has 0 bridgehead atoms. The largest absolute Gasteiger partial charge is 0.341 e. The lowest BCUT2D eigenvalue weighted by atomic mass is 9.83. The Morgan fingerprint density at radius 2 is 1.50 bits per heavy atom. The molecule has 0 radical (unpaired) electrons. The van der Waals surface area contributed by atoms with Gasteiger partial charge in [-0.3, -0.25) is 23.7 Å². The molecular weight excluding hydrogens is 654 g/mol. The van der Waals surface area contributed by atoms with Gasteiger partial charge in [0.25, 0.3) is 0 Å². The fourth-order valence-corrected chi connectivity index (χ4v) is 8.81. The van der Waals surface area contributed by atoms with E-state index in [0.29, 0.717) is 23.8 Å². The second-order valence-corrected chi connectivity index (χ2v) is 13.6. The van der Waals surface area contributed by atoms with Crippen LogP contribution in [-0.2, 0) is 20.9 Å². The van der Waals surface area contributed by atoms with Crippen molar-refractivity contribution in [3.05, 3.63) is 77.6 Å². The lowest BCUT2D eigenvalue weighted by Gasteiger charge is -2.31. The molecular formula is C27H23Br2N3O4S2. The van der Waals surface area contributed by atoms with E-state index < -0.39 is 17.1 Å². The standard InChI is InChI=1S/C27H23Br2N3O4S2/c28-16-6-4-15(5-7-16)20-21-22(25(35)32(24(21)34)18-10-8-17(29)9-11-18)37-26-23(20)38-27(36)31(26)14-19(33)30-12-2-1-3-13-30/h4-11,20-22H,1-3,12-14H2/t20-,21?,22?/m1/s1. The number of hydrogen-bond acceptors (Lipinski definition) is 6. The summed E-state index contributed by atoms with van der Waals surface area (Å²) in [5.74, 6) is -1.78. The molecule has 2 aromatic carbocycles. The van der Waals surface area contributed by atoms with E-state index in [9.17, 15) is 19.2 Å². The van der Waals surface area contributed by atoms with Crippen LogP contribution in [0.3, 0.4) is 0 Å². The fourth-order valence-electron chi connectivity index (χ4n) is 5.51. The second kappa shape index (κ2) is 10.4. The highest BCUT2D eigenvalue weighted by molar-refractivity contribution is 9.10. The molecule has 3 atom stereocenters. The number of rotatable bonds is 4. The van der Waals surface area contributed by atoms with Crippen LogP contribution in [-0.4, -0.2) is 45.5 Å². The SMILES string of the molecule is O=C(Cn1c2c(sc1=O)[C@H](c1ccc(Br)cc1)C1C(=O)N(c3ccc(Br)cc3)C(=O)C1S2)N1CCCCC1. The average Bonchev–Trinajstić information content (AvgIpc) is 3.36. The van der Waals surface area contributed by atoms with Gasteiger partial charge in [0, 0.05) is 32.8 Å². The number of carbonyl (C=O) groups is 3. The first-order valence-corrected chi connectivity index (χ1v) is 15.7. The molecule has 2 fully saturated rings. The zero-order valence-corrected chi connectivity index (χ0v) is 24.9. The van der Waals surface area contributed by atoms with Crippen molar-refractivity contribution in [2.75, 3.05) is 18.0 Å². The van der Waals surface area contributed by atoms with Crippen LogP contribution in [0.1, 0.15) is 35.6 Å². The highest BCUT2D eigenvalue weighted by Crippen LogP contribution is 2.54. The first kappa shape index (κ1) is 26.0. The average molecular weight is 677 g/mol. The Balaban J connectivity index is 1.43. The number of likely N-dealkylation sites (tertiary alicyclic amines) is 1. The van der Waals surface area contributed by atoms with Crippen molar-refractivity contribution in [1.29, 1.82) is 0 Å². The smallest absolute Gasteiger partial charge is 0.308 e. The van der Waals surface area contributed by atoms with Crippen LogP contribution < -0.4 is 9.77 Å². The Labute approximate surface area is 244 Å². The minimum Gasteiger partial charge on any atom is -0.341 e. The number of fused-ring (bicyclic) bond motifs is 2. The van der Waals surface area contributed by atoms with Crippen LogP contribution in [0.5, 0.6) is 0 Å². The minimum absolute atomic E-state index is 0.0549. The molecule has 6 rings (SSSR count). The summed E-state index contributed by atoms with van der Waals surface area (Å²) in [6, 6.07) is 14.8. The van der Waals surface area contributed by atoms with Crippen molar-refractivity contribution in [1.82, 2.24) is 9.47 Å². The maximum atomic E-state index is 13.9. The second-order valence-electron chi connectivity index (χ2n) is 9.65. The molecule has 7 nitrogen and oxygen atoms in total. The predicted octanol–water partition coefficient (Wildman–Crippen LogP) is 5.24. The number of anilines is 1. The Bertz CT molecular complexity index is 1480. The molecule has 196 valence electrons. The Morgan fingerprint density at radius 3 is 2.16 bits per heavy atom. The Kier molecular flexibility index (Phi) is 7.13. The third-order valence-electron chi connectivity index (χ3n) is 7.37. The lowest BCUT2D eigenvalue weighted by Crippen LogP contribution is -2.39. The molecule has 1 aromatic heterocycles. The summed E-state index contributed by atoms with van der Waals surface area (Å²) in [7, 11) is 0. The van der Waals surface area contributed by atoms with Gasteiger partial charge in [0.15, 0.2) is 0 Å². The molecule has 0 saturated carbocycles. The van der Waals surface area contributed by atoms with Crippen LogP contribution in [0.2, 0.25) is 0 Å². The highest BCUT2D eigenvalue weighted by Gasteiger charge is 2.56. The highest BCUT2D eigenvalue weighted by atomic mass is 79.9. The molecule has 3 aliphatic rings. The first-order valence-electron chi connectivity index (χ1n) is 12.4. The number of thiazole rings is 1. The molecule has 0 N–H and O–H groups in total. The number of hydrogen-bond donors (Lipinski definition) is 0. The van der Waals surface area contributed by atoms with Crippen molar-refractivity contribution < 1.29 is 14.4 Å². The Morgan fingerprint density at radius 1 is 0.868 bits per heavy atom. The van der Waals surface area contributed by atoms with Gasteiger partial charge in [-0.05, 0) is 61.2 Å². The van der Waals surface area contributed by atoms with Gasteiger partial charge >= 0.3 is 4.87 Å². The van der Waals surface area contributed by atoms with E-state index in [1.807, 2.05) is 29.2 Å². The van der Waals surface area contributed by atoms with E-state index in [1.165, 1.54) is 21.2 Å². The number of piperidine rings is 1. The lowest BCUT2D eigenvalue weighted by molar-refractivity contribution is -0.133. The summed E-state index contributed by atoms with van der Waals surface area (Å²) in [6.45, 7) is 1.35. The summed E-state index contributed by atoms with van der Waals surface area (Å²) in [5.41, 5.74) is 1.38. The van der Waals surface area contributed by atoms with Crippen molar-refractivity contribution in [3.8, 4) is 0 Å². The van der Waals surface area contributed by atoms with Gasteiger partial charge in [-0.25, -0.2) is 4.90 Å². The van der Waals surface area contributed by atoms with E-state index in [1.54, 1.807) is 24.3 Å². The van der Waals surface area contributed by atoms with Gasteiger partial charge in [0.1, 0.15) is 11.8 Å². The van der Waals surface area contributed by atoms with E-state index in [4.69, 9.17) is 0 Å². The van der Waals surface area contributed by atoms with Crippen LogP contribution in [0.4, 0.5) is 5.69 Å².